The highest BCUT2D eigenvalue weighted by Crippen LogP contribution is 2.18. The van der Waals surface area contributed by atoms with Crippen molar-refractivity contribution in [2.45, 2.75) is 45.4 Å². The van der Waals surface area contributed by atoms with E-state index in [0.29, 0.717) is 25.2 Å². The third-order valence-corrected chi connectivity index (χ3v) is 4.82. The maximum Gasteiger partial charge on any atom is 0.320 e. The molecular weight excluding hydrogens is 372 g/mol. The van der Waals surface area contributed by atoms with Crippen molar-refractivity contribution in [2.75, 3.05) is 19.0 Å². The van der Waals surface area contributed by atoms with Crippen LogP contribution in [0.3, 0.4) is 0 Å². The van der Waals surface area contributed by atoms with E-state index in [1.54, 1.807) is 17.9 Å². The molecule has 0 aliphatic carbocycles. The molecule has 3 rings (SSSR count). The van der Waals surface area contributed by atoms with Gasteiger partial charge in [0.1, 0.15) is 11.6 Å². The van der Waals surface area contributed by atoms with Crippen LogP contribution in [0.2, 0.25) is 0 Å². The molecule has 1 aromatic heterocycles. The van der Waals surface area contributed by atoms with E-state index in [2.05, 4.69) is 26.4 Å². The number of hydrogen-bond donors (Lipinski definition) is 4. The molecule has 156 valence electrons. The number of hydrogen-bond acceptors (Lipinski definition) is 5. The molecule has 0 radical (unpaired) electrons. The highest BCUT2D eigenvalue weighted by Gasteiger charge is 2.28. The molecular formula is C20H28N6O3. The third-order valence-electron chi connectivity index (χ3n) is 4.82. The third kappa shape index (κ3) is 5.47. The minimum Gasteiger partial charge on any atom is -0.497 e. The summed E-state index contributed by atoms with van der Waals surface area (Å²) < 4.78 is 6.74. The van der Waals surface area contributed by atoms with Gasteiger partial charge in [0, 0.05) is 25.1 Å². The molecule has 1 aromatic carbocycles. The molecule has 9 nitrogen and oxygen atoms in total. The molecule has 1 saturated heterocycles. The van der Waals surface area contributed by atoms with Crippen molar-refractivity contribution in [1.29, 1.82) is 0 Å². The Morgan fingerprint density at radius 2 is 2.10 bits per heavy atom. The van der Waals surface area contributed by atoms with Crippen molar-refractivity contribution in [1.82, 2.24) is 25.7 Å². The smallest absolute Gasteiger partial charge is 0.320 e. The Labute approximate surface area is 170 Å². The normalized spacial score (nSPS) is 18.8. The number of anilines is 1. The number of carbonyl (C=O) groups excluding carboxylic acids is 2. The lowest BCUT2D eigenvalue weighted by atomic mass is 10.1. The van der Waals surface area contributed by atoms with E-state index in [-0.39, 0.29) is 18.0 Å². The second-order valence-electron chi connectivity index (χ2n) is 7.04. The fourth-order valence-corrected chi connectivity index (χ4v) is 3.23. The summed E-state index contributed by atoms with van der Waals surface area (Å²) in [4.78, 5) is 24.3. The highest BCUT2D eigenvalue weighted by atomic mass is 16.5. The zero-order chi connectivity index (χ0) is 20.8. The lowest BCUT2D eigenvalue weighted by Crippen LogP contribution is -2.53. The van der Waals surface area contributed by atoms with Gasteiger partial charge in [-0.2, -0.15) is 5.10 Å². The fourth-order valence-electron chi connectivity index (χ4n) is 3.23. The van der Waals surface area contributed by atoms with Crippen LogP contribution in [0.1, 0.15) is 37.3 Å². The molecule has 2 atom stereocenters. The van der Waals surface area contributed by atoms with E-state index in [1.807, 2.05) is 38.1 Å². The predicted molar refractivity (Wildman–Crippen MR) is 110 cm³/mol. The molecule has 29 heavy (non-hydrogen) atoms. The number of nitrogens with zero attached hydrogens (tertiary/aromatic N) is 2. The maximum absolute atomic E-state index is 12.3. The van der Waals surface area contributed by atoms with Crippen LogP contribution in [0.15, 0.2) is 30.3 Å². The number of aromatic nitrogens is 2. The Morgan fingerprint density at radius 1 is 1.34 bits per heavy atom. The number of rotatable bonds is 7. The minimum absolute atomic E-state index is 0.0383. The number of carbonyl (C=O) groups is 2. The molecule has 0 bridgehead atoms. The van der Waals surface area contributed by atoms with Gasteiger partial charge >= 0.3 is 6.03 Å². The number of nitrogens with one attached hydrogen (secondary N) is 4. The van der Waals surface area contributed by atoms with Gasteiger partial charge in [-0.15, -0.1) is 0 Å². The van der Waals surface area contributed by atoms with Gasteiger partial charge in [-0.1, -0.05) is 19.1 Å². The lowest BCUT2D eigenvalue weighted by Gasteiger charge is -2.31. The number of benzene rings is 1. The molecule has 2 unspecified atom stereocenters. The van der Waals surface area contributed by atoms with Crippen LogP contribution in [0, 0.1) is 6.92 Å². The maximum atomic E-state index is 12.3. The second-order valence-corrected chi connectivity index (χ2v) is 7.04. The molecule has 4 N–H and O–H groups in total. The zero-order valence-electron chi connectivity index (χ0n) is 17.0. The topological polar surface area (TPSA) is 109 Å². The van der Waals surface area contributed by atoms with E-state index in [1.165, 1.54) is 0 Å². The van der Waals surface area contributed by atoms with Gasteiger partial charge in [0.25, 0.3) is 0 Å². The van der Waals surface area contributed by atoms with E-state index in [9.17, 15) is 9.59 Å². The molecule has 9 heteroatoms. The van der Waals surface area contributed by atoms with Gasteiger partial charge in [-0.3, -0.25) is 15.4 Å². The molecule has 2 heterocycles. The minimum atomic E-state index is -0.496. The van der Waals surface area contributed by atoms with Gasteiger partial charge in [-0.05, 0) is 37.5 Å². The Kier molecular flexibility index (Phi) is 6.71. The highest BCUT2D eigenvalue weighted by molar-refractivity contribution is 5.88. The molecule has 2 aromatic rings. The second kappa shape index (κ2) is 9.42. The zero-order valence-corrected chi connectivity index (χ0v) is 17.0. The van der Waals surface area contributed by atoms with Crippen LogP contribution in [-0.4, -0.2) is 41.4 Å². The van der Waals surface area contributed by atoms with Crippen molar-refractivity contribution in [3.05, 3.63) is 41.6 Å². The van der Waals surface area contributed by atoms with Crippen molar-refractivity contribution in [2.24, 2.45) is 0 Å². The fraction of sp³-hybridized carbons (Fsp3) is 0.450. The number of urea groups is 1. The van der Waals surface area contributed by atoms with Crippen molar-refractivity contribution in [3.63, 3.8) is 0 Å². The van der Waals surface area contributed by atoms with E-state index in [4.69, 9.17) is 4.74 Å². The van der Waals surface area contributed by atoms with Gasteiger partial charge in [-0.25, -0.2) is 9.48 Å². The summed E-state index contributed by atoms with van der Waals surface area (Å²) in [6.45, 7) is 4.35. The first-order chi connectivity index (χ1) is 14.0. The summed E-state index contributed by atoms with van der Waals surface area (Å²) in [6.07, 6.45) is 1.47. The summed E-state index contributed by atoms with van der Waals surface area (Å²) in [6, 6.07) is 9.25. The van der Waals surface area contributed by atoms with Crippen LogP contribution < -0.4 is 26.0 Å². The van der Waals surface area contributed by atoms with Gasteiger partial charge in [0.15, 0.2) is 6.29 Å². The monoisotopic (exact) mass is 400 g/mol. The van der Waals surface area contributed by atoms with Crippen LogP contribution >= 0.6 is 0 Å². The molecule has 1 fully saturated rings. The number of amides is 3. The summed E-state index contributed by atoms with van der Waals surface area (Å²) in [5.74, 6) is 1.28. The van der Waals surface area contributed by atoms with Gasteiger partial charge in [0.05, 0.1) is 12.8 Å². The summed E-state index contributed by atoms with van der Waals surface area (Å²) in [5.41, 5.74) is 1.85. The first kappa shape index (κ1) is 20.7. The summed E-state index contributed by atoms with van der Waals surface area (Å²) in [7, 11) is 1.63. The molecule has 3 amide bonds. The SMILES string of the molecule is CCC1CC(=O)NC(n2nc(C)cc2NC(=O)NCCc2ccc(OC)cc2)N1. The van der Waals surface area contributed by atoms with E-state index < -0.39 is 6.29 Å². The lowest BCUT2D eigenvalue weighted by molar-refractivity contribution is -0.125. The van der Waals surface area contributed by atoms with E-state index >= 15 is 0 Å². The van der Waals surface area contributed by atoms with Gasteiger partial charge < -0.3 is 15.4 Å². The Bertz CT molecular complexity index is 848. The van der Waals surface area contributed by atoms with Crippen LogP contribution in [-0.2, 0) is 11.2 Å². The molecule has 0 saturated carbocycles. The van der Waals surface area contributed by atoms with Crippen molar-refractivity contribution < 1.29 is 14.3 Å². The summed E-state index contributed by atoms with van der Waals surface area (Å²) >= 11 is 0. The van der Waals surface area contributed by atoms with Crippen LogP contribution in [0.5, 0.6) is 5.75 Å². The van der Waals surface area contributed by atoms with Gasteiger partial charge in [0.2, 0.25) is 5.91 Å². The quantitative estimate of drug-likeness (QED) is 0.568. The standard InChI is InChI=1S/C20H28N6O3/c1-4-15-12-18(27)24-19(22-15)26-17(11-13(2)25-26)23-20(28)21-10-9-14-5-7-16(29-3)8-6-14/h5-8,11,15,19,22H,4,9-10,12H2,1-3H3,(H,24,27)(H2,21,23,28). The Balaban J connectivity index is 1.56. The largest absolute Gasteiger partial charge is 0.497 e. The average molecular weight is 400 g/mol. The Hall–Kier alpha value is -3.07. The average Bonchev–Trinajstić information content (AvgIpc) is 3.08. The predicted octanol–water partition coefficient (Wildman–Crippen LogP) is 1.91. The number of ether oxygens (including phenoxy) is 1. The molecule has 1 aliphatic rings. The van der Waals surface area contributed by atoms with Crippen LogP contribution in [0.4, 0.5) is 10.6 Å². The number of aryl methyl sites for hydroxylation is 1. The van der Waals surface area contributed by atoms with E-state index in [0.717, 1.165) is 23.4 Å². The Morgan fingerprint density at radius 3 is 2.79 bits per heavy atom. The first-order valence-electron chi connectivity index (χ1n) is 9.78. The van der Waals surface area contributed by atoms with Crippen molar-refractivity contribution in [3.8, 4) is 5.75 Å². The first-order valence-corrected chi connectivity index (χ1v) is 9.78. The van der Waals surface area contributed by atoms with Crippen LogP contribution in [0.25, 0.3) is 0 Å². The number of methoxy groups -OCH3 is 1. The molecule has 0 spiro atoms. The summed E-state index contributed by atoms with van der Waals surface area (Å²) in [5, 5.41) is 16.3. The molecule has 1 aliphatic heterocycles. The van der Waals surface area contributed by atoms with Crippen molar-refractivity contribution >= 4 is 17.8 Å².